The van der Waals surface area contributed by atoms with E-state index in [0.717, 1.165) is 32.1 Å². The molecule has 7 atom stereocenters. The molecule has 0 aromatic heterocycles. The number of carbonyl (C=O) groups excluding carboxylic acids is 1. The van der Waals surface area contributed by atoms with Gasteiger partial charge in [0.25, 0.3) is 0 Å². The molecule has 4 nitrogen and oxygen atoms in total. The fourth-order valence-electron chi connectivity index (χ4n) is 6.74. The molecule has 1 N–H and O–H groups in total. The van der Waals surface area contributed by atoms with Gasteiger partial charge in [-0.1, -0.05) is 26.8 Å². The molecule has 148 valence electrons. The molecule has 4 heteroatoms. The molecule has 1 saturated heterocycles. The largest absolute Gasteiger partial charge is 0.462 e. The van der Waals surface area contributed by atoms with Gasteiger partial charge in [0.1, 0.15) is 11.7 Å². The molecule has 26 heavy (non-hydrogen) atoms. The highest BCUT2D eigenvalue weighted by atomic mass is 16.5. The van der Waals surface area contributed by atoms with Gasteiger partial charge in [-0.25, -0.2) is 0 Å². The second-order valence-corrected chi connectivity index (χ2v) is 10.2. The quantitative estimate of drug-likeness (QED) is 0.588. The predicted molar refractivity (Wildman–Crippen MR) is 102 cm³/mol. The number of aliphatic hydroxyl groups excluding tert-OH is 1. The van der Waals surface area contributed by atoms with Crippen molar-refractivity contribution in [1.29, 1.82) is 0 Å². The van der Waals surface area contributed by atoms with E-state index in [4.69, 9.17) is 9.47 Å². The van der Waals surface area contributed by atoms with Crippen molar-refractivity contribution in [3.05, 3.63) is 12.7 Å². The number of carbonyl (C=O) groups is 1. The van der Waals surface area contributed by atoms with Crippen LogP contribution in [0.4, 0.5) is 0 Å². The van der Waals surface area contributed by atoms with E-state index < -0.39 is 11.7 Å². The average molecular weight is 365 g/mol. The Morgan fingerprint density at radius 3 is 2.38 bits per heavy atom. The molecule has 0 unspecified atom stereocenters. The smallest absolute Gasteiger partial charge is 0.302 e. The van der Waals surface area contributed by atoms with Crippen molar-refractivity contribution in [3.63, 3.8) is 0 Å². The monoisotopic (exact) mass is 364 g/mol. The molecular formula is C22H36O4. The summed E-state index contributed by atoms with van der Waals surface area (Å²) in [5.74, 6) is 0.537. The SMILES string of the molecule is C=C[C@]1(C)O[C@@]2(C)CC[C@H]3C(C)(C)[C@H](OC(C)=O)CC[C@@]3(C)[C@@H]2C[C@H]1O. The van der Waals surface area contributed by atoms with Gasteiger partial charge in [-0.2, -0.15) is 0 Å². The Kier molecular flexibility index (Phi) is 4.64. The molecule has 0 spiro atoms. The van der Waals surface area contributed by atoms with Gasteiger partial charge < -0.3 is 14.6 Å². The zero-order valence-corrected chi connectivity index (χ0v) is 17.3. The third-order valence-corrected chi connectivity index (χ3v) is 8.22. The highest BCUT2D eigenvalue weighted by molar-refractivity contribution is 5.66. The molecule has 1 aliphatic heterocycles. The lowest BCUT2D eigenvalue weighted by Crippen LogP contribution is -2.67. The second kappa shape index (κ2) is 6.07. The standard InChI is InChI=1S/C22H36O4/c1-8-21(6)17(24)13-16-20(5)11-10-18(25-14(2)23)19(3,4)15(20)9-12-22(16,7)26-21/h8,15-18,24H,1,9-13H2,2-7H3/t15-,16-,17+,18+,20+,21-,22-/m0/s1. The molecule has 3 rings (SSSR count). The fraction of sp³-hybridized carbons (Fsp3) is 0.864. The lowest BCUT2D eigenvalue weighted by molar-refractivity contribution is -0.288. The predicted octanol–water partition coefficient (Wildman–Crippen LogP) is 4.26. The van der Waals surface area contributed by atoms with E-state index in [1.807, 2.05) is 6.92 Å². The van der Waals surface area contributed by atoms with Crippen LogP contribution in [0.15, 0.2) is 12.7 Å². The molecule has 3 aliphatic rings. The Morgan fingerprint density at radius 1 is 1.15 bits per heavy atom. The van der Waals surface area contributed by atoms with Crippen LogP contribution in [0.2, 0.25) is 0 Å². The Bertz CT molecular complexity index is 599. The first kappa shape index (κ1) is 19.9. The van der Waals surface area contributed by atoms with E-state index in [9.17, 15) is 9.90 Å². The van der Waals surface area contributed by atoms with E-state index >= 15 is 0 Å². The van der Waals surface area contributed by atoms with Gasteiger partial charge in [0.15, 0.2) is 0 Å². The number of hydrogen-bond acceptors (Lipinski definition) is 4. The minimum atomic E-state index is -0.682. The first-order valence-corrected chi connectivity index (χ1v) is 10.1. The van der Waals surface area contributed by atoms with Crippen molar-refractivity contribution in [3.8, 4) is 0 Å². The molecule has 0 aromatic rings. The topological polar surface area (TPSA) is 55.8 Å². The zero-order valence-electron chi connectivity index (χ0n) is 17.3. The lowest BCUT2D eigenvalue weighted by Gasteiger charge is -2.66. The van der Waals surface area contributed by atoms with Gasteiger partial charge in [0.05, 0.1) is 11.7 Å². The Labute approximate surface area is 158 Å². The molecule has 1 heterocycles. The Hall–Kier alpha value is -0.870. The number of hydrogen-bond donors (Lipinski definition) is 1. The maximum Gasteiger partial charge on any atom is 0.302 e. The number of fused-ring (bicyclic) bond motifs is 3. The highest BCUT2D eigenvalue weighted by Gasteiger charge is 2.65. The van der Waals surface area contributed by atoms with Crippen LogP contribution in [0.5, 0.6) is 0 Å². The molecule has 0 amide bonds. The van der Waals surface area contributed by atoms with Crippen molar-refractivity contribution in [2.45, 2.75) is 97.1 Å². The van der Waals surface area contributed by atoms with Crippen LogP contribution >= 0.6 is 0 Å². The lowest BCUT2D eigenvalue weighted by atomic mass is 9.43. The molecule has 0 aromatic carbocycles. The minimum absolute atomic E-state index is 0.0321. The van der Waals surface area contributed by atoms with Crippen molar-refractivity contribution >= 4 is 5.97 Å². The molecule has 0 radical (unpaired) electrons. The molecule has 2 aliphatic carbocycles. The number of esters is 1. The zero-order chi connectivity index (χ0) is 19.5. The van der Waals surface area contributed by atoms with Gasteiger partial charge in [0.2, 0.25) is 0 Å². The van der Waals surface area contributed by atoms with E-state index in [0.29, 0.717) is 5.92 Å². The van der Waals surface area contributed by atoms with E-state index in [-0.39, 0.29) is 34.4 Å². The van der Waals surface area contributed by atoms with Gasteiger partial charge in [0, 0.05) is 12.3 Å². The van der Waals surface area contributed by atoms with Crippen LogP contribution in [-0.2, 0) is 14.3 Å². The summed E-state index contributed by atoms with van der Waals surface area (Å²) in [6.45, 7) is 16.4. The average Bonchev–Trinajstić information content (AvgIpc) is 2.52. The fourth-order valence-corrected chi connectivity index (χ4v) is 6.74. The summed E-state index contributed by atoms with van der Waals surface area (Å²) in [6.07, 6.45) is 5.82. The molecular weight excluding hydrogens is 328 g/mol. The summed E-state index contributed by atoms with van der Waals surface area (Å²) in [6, 6.07) is 0. The van der Waals surface area contributed by atoms with Crippen LogP contribution in [0.1, 0.15) is 73.6 Å². The summed E-state index contributed by atoms with van der Waals surface area (Å²) < 4.78 is 12.2. The number of ether oxygens (including phenoxy) is 2. The van der Waals surface area contributed by atoms with Crippen molar-refractivity contribution in [2.24, 2.45) is 22.7 Å². The molecule has 3 fully saturated rings. The van der Waals surface area contributed by atoms with E-state index in [1.54, 1.807) is 6.08 Å². The van der Waals surface area contributed by atoms with Crippen molar-refractivity contribution in [2.75, 3.05) is 0 Å². The van der Waals surface area contributed by atoms with E-state index in [2.05, 4.69) is 34.3 Å². The highest BCUT2D eigenvalue weighted by Crippen LogP contribution is 2.65. The summed E-state index contributed by atoms with van der Waals surface area (Å²) in [5, 5.41) is 10.8. The second-order valence-electron chi connectivity index (χ2n) is 10.2. The van der Waals surface area contributed by atoms with Gasteiger partial charge >= 0.3 is 5.97 Å². The summed E-state index contributed by atoms with van der Waals surface area (Å²) in [5.41, 5.74) is -0.947. The van der Waals surface area contributed by atoms with Gasteiger partial charge in [-0.3, -0.25) is 4.79 Å². The summed E-state index contributed by atoms with van der Waals surface area (Å²) in [7, 11) is 0. The van der Waals surface area contributed by atoms with Crippen molar-refractivity contribution in [1.82, 2.24) is 0 Å². The van der Waals surface area contributed by atoms with Gasteiger partial charge in [-0.05, 0) is 63.2 Å². The molecule has 0 bridgehead atoms. The Balaban J connectivity index is 1.94. The maximum absolute atomic E-state index is 11.6. The summed E-state index contributed by atoms with van der Waals surface area (Å²) >= 11 is 0. The van der Waals surface area contributed by atoms with Gasteiger partial charge in [-0.15, -0.1) is 6.58 Å². The number of rotatable bonds is 2. The normalized spacial score (nSPS) is 50.3. The van der Waals surface area contributed by atoms with E-state index in [1.165, 1.54) is 6.92 Å². The Morgan fingerprint density at radius 2 is 1.81 bits per heavy atom. The third-order valence-electron chi connectivity index (χ3n) is 8.22. The van der Waals surface area contributed by atoms with Crippen LogP contribution in [0.3, 0.4) is 0 Å². The summed E-state index contributed by atoms with van der Waals surface area (Å²) in [4.78, 5) is 11.6. The van der Waals surface area contributed by atoms with Crippen LogP contribution in [-0.4, -0.2) is 34.5 Å². The minimum Gasteiger partial charge on any atom is -0.462 e. The van der Waals surface area contributed by atoms with Crippen molar-refractivity contribution < 1.29 is 19.4 Å². The maximum atomic E-state index is 11.6. The third kappa shape index (κ3) is 2.75. The van der Waals surface area contributed by atoms with Crippen LogP contribution < -0.4 is 0 Å². The van der Waals surface area contributed by atoms with Crippen LogP contribution in [0.25, 0.3) is 0 Å². The molecule has 2 saturated carbocycles. The number of aliphatic hydroxyl groups is 1. The first-order chi connectivity index (χ1) is 11.9. The van der Waals surface area contributed by atoms with Crippen LogP contribution in [0, 0.1) is 22.7 Å². The first-order valence-electron chi connectivity index (χ1n) is 10.1.